The Morgan fingerprint density at radius 2 is 1.83 bits per heavy atom. The van der Waals surface area contributed by atoms with Gasteiger partial charge in [-0.15, -0.1) is 0 Å². The van der Waals surface area contributed by atoms with Gasteiger partial charge in [0.1, 0.15) is 0 Å². The monoisotopic (exact) mass is 316 g/mol. The second kappa shape index (κ2) is 5.54. The molecule has 0 spiro atoms. The largest absolute Gasteiger partial charge is 0.370 e. The third-order valence-corrected chi connectivity index (χ3v) is 5.92. The maximum atomic E-state index is 11.8. The molecule has 23 heavy (non-hydrogen) atoms. The van der Waals surface area contributed by atoms with Crippen molar-refractivity contribution in [2.45, 2.75) is 64.8 Å². The first-order valence-electron chi connectivity index (χ1n) is 8.79. The molecule has 0 aliphatic heterocycles. The molecule has 0 radical (unpaired) electrons. The fourth-order valence-corrected chi connectivity index (χ4v) is 5.58. The molecule has 0 saturated heterocycles. The Bertz CT molecular complexity index is 570. The minimum atomic E-state index is -0.405. The van der Waals surface area contributed by atoms with Crippen LogP contribution in [0.2, 0.25) is 0 Å². The second-order valence-corrected chi connectivity index (χ2v) is 8.72. The zero-order valence-electron chi connectivity index (χ0n) is 14.4. The Morgan fingerprint density at radius 1 is 1.22 bits per heavy atom. The van der Waals surface area contributed by atoms with Gasteiger partial charge < -0.3 is 11.1 Å². The van der Waals surface area contributed by atoms with Crippen LogP contribution in [0.4, 0.5) is 0 Å². The van der Waals surface area contributed by atoms with Crippen LogP contribution in [-0.2, 0) is 9.59 Å². The first kappa shape index (κ1) is 16.4. The van der Waals surface area contributed by atoms with Crippen LogP contribution in [0, 0.1) is 40.9 Å². The van der Waals surface area contributed by atoms with Crippen LogP contribution in [0.15, 0.2) is 0 Å². The Labute approximate surface area is 139 Å². The topological polar surface area (TPSA) is 72.2 Å². The predicted octanol–water partition coefficient (Wildman–Crippen LogP) is 2.22. The van der Waals surface area contributed by atoms with Crippen molar-refractivity contribution < 1.29 is 9.59 Å². The molecule has 0 heterocycles. The number of carbonyl (C=O) groups excluding carboxylic acids is 2. The van der Waals surface area contributed by atoms with Crippen molar-refractivity contribution in [3.8, 4) is 11.8 Å². The fourth-order valence-electron chi connectivity index (χ4n) is 5.58. The van der Waals surface area contributed by atoms with Crippen LogP contribution in [0.1, 0.15) is 59.3 Å². The molecule has 4 aliphatic rings. The van der Waals surface area contributed by atoms with Crippen molar-refractivity contribution >= 4 is 11.8 Å². The molecule has 4 heteroatoms. The molecule has 3 N–H and O–H groups in total. The zero-order valence-corrected chi connectivity index (χ0v) is 14.4. The molecule has 0 aromatic heterocycles. The summed E-state index contributed by atoms with van der Waals surface area (Å²) in [5.41, 5.74) is 4.78. The van der Waals surface area contributed by atoms with Gasteiger partial charge in [0.15, 0.2) is 0 Å². The van der Waals surface area contributed by atoms with Gasteiger partial charge in [0.25, 0.3) is 0 Å². The van der Waals surface area contributed by atoms with Crippen LogP contribution >= 0.6 is 0 Å². The van der Waals surface area contributed by atoms with E-state index in [1.54, 1.807) is 6.92 Å². The Hall–Kier alpha value is -1.50. The summed E-state index contributed by atoms with van der Waals surface area (Å²) in [6.07, 6.45) is 6.21. The van der Waals surface area contributed by atoms with Crippen LogP contribution in [-0.4, -0.2) is 17.4 Å². The molecule has 3 atom stereocenters. The summed E-state index contributed by atoms with van der Waals surface area (Å²) >= 11 is 0. The minimum Gasteiger partial charge on any atom is -0.370 e. The number of hydrogen-bond acceptors (Lipinski definition) is 2. The fraction of sp³-hybridized carbons (Fsp3) is 0.789. The molecular weight excluding hydrogens is 288 g/mol. The standard InChI is InChI=1S/C19H28N2O2/c1-12(22)21-19-9-13-6-14(10-19)8-15(7-13)16(19)4-5-18(2,3)11-17(20)23/h13-16H,6-11H2,1-3H3,(H2,20,23)(H,21,22). The maximum absolute atomic E-state index is 11.8. The number of carbonyl (C=O) groups is 2. The van der Waals surface area contributed by atoms with E-state index in [1.807, 2.05) is 13.8 Å². The van der Waals surface area contributed by atoms with Gasteiger partial charge in [-0.25, -0.2) is 0 Å². The van der Waals surface area contributed by atoms with Gasteiger partial charge in [-0.2, -0.15) is 0 Å². The van der Waals surface area contributed by atoms with Crippen LogP contribution in [0.25, 0.3) is 0 Å². The molecule has 3 unspecified atom stereocenters. The third kappa shape index (κ3) is 3.24. The molecule has 2 amide bonds. The summed E-state index contributed by atoms with van der Waals surface area (Å²) < 4.78 is 0. The highest BCUT2D eigenvalue weighted by Crippen LogP contribution is 2.58. The SMILES string of the molecule is CC(=O)NC12CC3CC(CC(C3)C1C#CC(C)(C)CC(N)=O)C2. The molecule has 4 saturated carbocycles. The van der Waals surface area contributed by atoms with Gasteiger partial charge in [-0.1, -0.05) is 11.8 Å². The lowest BCUT2D eigenvalue weighted by molar-refractivity contribution is -0.127. The van der Waals surface area contributed by atoms with Crippen molar-refractivity contribution in [2.24, 2.45) is 34.8 Å². The van der Waals surface area contributed by atoms with Crippen molar-refractivity contribution in [3.05, 3.63) is 0 Å². The second-order valence-electron chi connectivity index (χ2n) is 8.72. The Kier molecular flexibility index (Phi) is 3.94. The number of hydrogen-bond donors (Lipinski definition) is 2. The predicted molar refractivity (Wildman–Crippen MR) is 89.0 cm³/mol. The van der Waals surface area contributed by atoms with E-state index in [2.05, 4.69) is 17.2 Å². The third-order valence-electron chi connectivity index (χ3n) is 5.92. The molecule has 0 aromatic rings. The lowest BCUT2D eigenvalue weighted by atomic mass is 9.48. The summed E-state index contributed by atoms with van der Waals surface area (Å²) in [5, 5.41) is 3.28. The van der Waals surface area contributed by atoms with Gasteiger partial charge in [0.05, 0.1) is 5.54 Å². The number of primary amides is 1. The molecule has 4 bridgehead atoms. The number of amides is 2. The molecule has 4 rings (SSSR count). The van der Waals surface area contributed by atoms with E-state index < -0.39 is 5.41 Å². The molecule has 4 aliphatic carbocycles. The summed E-state index contributed by atoms with van der Waals surface area (Å²) in [7, 11) is 0. The maximum Gasteiger partial charge on any atom is 0.218 e. The van der Waals surface area contributed by atoms with Gasteiger partial charge in [0.2, 0.25) is 11.8 Å². The zero-order chi connectivity index (χ0) is 16.8. The van der Waals surface area contributed by atoms with Gasteiger partial charge >= 0.3 is 0 Å². The van der Waals surface area contributed by atoms with E-state index in [0.29, 0.717) is 5.92 Å². The van der Waals surface area contributed by atoms with Gasteiger partial charge in [0, 0.05) is 24.7 Å². The van der Waals surface area contributed by atoms with Gasteiger partial charge in [-0.05, 0) is 63.7 Å². The minimum absolute atomic E-state index is 0.0511. The van der Waals surface area contributed by atoms with E-state index in [1.165, 1.54) is 19.3 Å². The summed E-state index contributed by atoms with van der Waals surface area (Å²) in [6.45, 7) is 5.54. The highest BCUT2D eigenvalue weighted by Gasteiger charge is 2.57. The van der Waals surface area contributed by atoms with E-state index in [4.69, 9.17) is 5.73 Å². The first-order chi connectivity index (χ1) is 10.7. The van der Waals surface area contributed by atoms with Crippen molar-refractivity contribution in [1.29, 1.82) is 0 Å². The number of rotatable bonds is 3. The average molecular weight is 316 g/mol. The molecule has 0 aromatic carbocycles. The summed E-state index contributed by atoms with van der Waals surface area (Å²) in [6, 6.07) is 0. The lowest BCUT2D eigenvalue weighted by Crippen LogP contribution is -2.64. The molecule has 4 fully saturated rings. The normalized spacial score (nSPS) is 37.9. The lowest BCUT2D eigenvalue weighted by Gasteiger charge is -2.60. The van der Waals surface area contributed by atoms with Crippen molar-refractivity contribution in [1.82, 2.24) is 5.32 Å². The van der Waals surface area contributed by atoms with Crippen molar-refractivity contribution in [3.63, 3.8) is 0 Å². The Morgan fingerprint density at radius 3 is 2.35 bits per heavy atom. The van der Waals surface area contributed by atoms with E-state index in [9.17, 15) is 9.59 Å². The van der Waals surface area contributed by atoms with Crippen molar-refractivity contribution in [2.75, 3.05) is 0 Å². The number of nitrogens with two attached hydrogens (primary N) is 1. The van der Waals surface area contributed by atoms with Crippen LogP contribution in [0.3, 0.4) is 0 Å². The first-order valence-corrected chi connectivity index (χ1v) is 8.79. The highest BCUT2D eigenvalue weighted by molar-refractivity contribution is 5.75. The molecule has 126 valence electrons. The Balaban J connectivity index is 1.87. The average Bonchev–Trinajstić information content (AvgIpc) is 2.33. The van der Waals surface area contributed by atoms with Gasteiger partial charge in [-0.3, -0.25) is 9.59 Å². The molecular formula is C19H28N2O2. The van der Waals surface area contributed by atoms with Crippen LogP contribution in [0.5, 0.6) is 0 Å². The van der Waals surface area contributed by atoms with E-state index in [0.717, 1.165) is 24.7 Å². The summed E-state index contributed by atoms with van der Waals surface area (Å²) in [4.78, 5) is 23.0. The van der Waals surface area contributed by atoms with E-state index >= 15 is 0 Å². The quantitative estimate of drug-likeness (QED) is 0.784. The number of nitrogens with one attached hydrogen (secondary N) is 1. The van der Waals surface area contributed by atoms with Crippen LogP contribution < -0.4 is 11.1 Å². The van der Waals surface area contributed by atoms with E-state index in [-0.39, 0.29) is 29.7 Å². The smallest absolute Gasteiger partial charge is 0.218 e. The summed E-state index contributed by atoms with van der Waals surface area (Å²) in [5.74, 6) is 8.83. The highest BCUT2D eigenvalue weighted by atomic mass is 16.1. The molecule has 4 nitrogen and oxygen atoms in total.